The molecule has 68 valence electrons. The molecule has 0 heterocycles. The average Bonchev–Trinajstić information content (AvgIpc) is 2.05. The number of hydrogen-bond acceptors (Lipinski definition) is 1. The Hall–Kier alpha value is -0.820. The molecule has 0 aliphatic carbocycles. The molecule has 0 bridgehead atoms. The summed E-state index contributed by atoms with van der Waals surface area (Å²) in [6.45, 7) is 5.54. The Labute approximate surface area is 75.1 Å². The van der Waals surface area contributed by atoms with E-state index in [4.69, 9.17) is 0 Å². The van der Waals surface area contributed by atoms with Crippen molar-refractivity contribution >= 4 is 0 Å². The van der Waals surface area contributed by atoms with E-state index in [1.54, 1.807) is 6.08 Å². The number of rotatable bonds is 6. The topological polar surface area (TPSA) is 20.2 Å². The lowest BCUT2D eigenvalue weighted by Crippen LogP contribution is -1.94. The fourth-order valence-electron chi connectivity index (χ4n) is 0.877. The molecule has 0 spiro atoms. The minimum Gasteiger partial charge on any atom is -0.385 e. The van der Waals surface area contributed by atoms with Crippen molar-refractivity contribution < 1.29 is 5.11 Å². The third-order valence-corrected chi connectivity index (χ3v) is 1.50. The van der Waals surface area contributed by atoms with Gasteiger partial charge in [0.15, 0.2) is 0 Å². The lowest BCUT2D eigenvalue weighted by molar-refractivity contribution is 0.271. The van der Waals surface area contributed by atoms with Crippen LogP contribution in [-0.2, 0) is 0 Å². The average molecular weight is 166 g/mol. The Balaban J connectivity index is 3.40. The second-order valence-corrected chi connectivity index (χ2v) is 2.66. The zero-order valence-electron chi connectivity index (χ0n) is 7.74. The van der Waals surface area contributed by atoms with E-state index in [1.807, 2.05) is 31.2 Å². The first-order valence-electron chi connectivity index (χ1n) is 4.39. The van der Waals surface area contributed by atoms with E-state index in [1.165, 1.54) is 0 Å². The summed E-state index contributed by atoms with van der Waals surface area (Å²) in [7, 11) is 0. The van der Waals surface area contributed by atoms with Crippen molar-refractivity contribution in [2.45, 2.75) is 32.3 Å². The van der Waals surface area contributed by atoms with Gasteiger partial charge >= 0.3 is 0 Å². The molecular formula is C11H18O. The highest BCUT2D eigenvalue weighted by Crippen LogP contribution is 1.98. The van der Waals surface area contributed by atoms with Gasteiger partial charge in [0.25, 0.3) is 0 Å². The van der Waals surface area contributed by atoms with Gasteiger partial charge in [-0.05, 0) is 26.2 Å². The fourth-order valence-corrected chi connectivity index (χ4v) is 0.877. The van der Waals surface area contributed by atoms with Gasteiger partial charge in [-0.1, -0.05) is 30.4 Å². The molecule has 1 nitrogen and oxygen atoms in total. The highest BCUT2D eigenvalue weighted by Gasteiger charge is 1.88. The first kappa shape index (κ1) is 11.2. The van der Waals surface area contributed by atoms with Gasteiger partial charge in [-0.2, -0.15) is 0 Å². The first-order valence-corrected chi connectivity index (χ1v) is 4.39. The van der Waals surface area contributed by atoms with E-state index >= 15 is 0 Å². The van der Waals surface area contributed by atoms with Gasteiger partial charge in [0.05, 0.1) is 6.10 Å². The summed E-state index contributed by atoms with van der Waals surface area (Å²) in [5.41, 5.74) is 0. The van der Waals surface area contributed by atoms with Crippen LogP contribution >= 0.6 is 0 Å². The number of aliphatic hydroxyl groups is 1. The van der Waals surface area contributed by atoms with E-state index in [0.29, 0.717) is 0 Å². The molecule has 0 radical (unpaired) electrons. The van der Waals surface area contributed by atoms with E-state index in [2.05, 4.69) is 6.58 Å². The number of hydrogen-bond donors (Lipinski definition) is 1. The molecule has 1 N–H and O–H groups in total. The number of unbranched alkanes of at least 4 members (excludes halogenated alkanes) is 2. The van der Waals surface area contributed by atoms with Crippen molar-refractivity contribution in [2.24, 2.45) is 0 Å². The number of aliphatic hydroxyl groups excluding tert-OH is 1. The molecule has 0 saturated heterocycles. The summed E-state index contributed by atoms with van der Waals surface area (Å²) >= 11 is 0. The predicted octanol–water partition coefficient (Wildman–Crippen LogP) is 2.84. The summed E-state index contributed by atoms with van der Waals surface area (Å²) in [4.78, 5) is 0. The van der Waals surface area contributed by atoms with Crippen LogP contribution in [0.2, 0.25) is 0 Å². The standard InChI is InChI=1S/C11H18O/c1-3-5-6-7-8-10-11(12)9-4-2/h3-4,8-12H,1,5-7H2,2H3. The molecule has 0 aromatic heterocycles. The molecule has 0 aromatic carbocycles. The second-order valence-electron chi connectivity index (χ2n) is 2.66. The minimum absolute atomic E-state index is 0.418. The Morgan fingerprint density at radius 3 is 2.67 bits per heavy atom. The van der Waals surface area contributed by atoms with Gasteiger partial charge in [0.1, 0.15) is 0 Å². The van der Waals surface area contributed by atoms with Crippen LogP contribution < -0.4 is 0 Å². The lowest BCUT2D eigenvalue weighted by atomic mass is 10.2. The molecule has 1 unspecified atom stereocenters. The van der Waals surface area contributed by atoms with E-state index in [0.717, 1.165) is 19.3 Å². The Morgan fingerprint density at radius 1 is 1.33 bits per heavy atom. The van der Waals surface area contributed by atoms with E-state index in [-0.39, 0.29) is 0 Å². The predicted molar refractivity (Wildman–Crippen MR) is 54.0 cm³/mol. The van der Waals surface area contributed by atoms with Crippen molar-refractivity contribution in [3.8, 4) is 0 Å². The largest absolute Gasteiger partial charge is 0.385 e. The van der Waals surface area contributed by atoms with Crippen LogP contribution in [0.4, 0.5) is 0 Å². The van der Waals surface area contributed by atoms with E-state index in [9.17, 15) is 5.11 Å². The van der Waals surface area contributed by atoms with Gasteiger partial charge in [-0.25, -0.2) is 0 Å². The van der Waals surface area contributed by atoms with Gasteiger partial charge in [-0.15, -0.1) is 6.58 Å². The van der Waals surface area contributed by atoms with Crippen molar-refractivity contribution in [1.29, 1.82) is 0 Å². The summed E-state index contributed by atoms with van der Waals surface area (Å²) in [5, 5.41) is 9.21. The van der Waals surface area contributed by atoms with Crippen LogP contribution in [-0.4, -0.2) is 11.2 Å². The van der Waals surface area contributed by atoms with Crippen LogP contribution in [0.15, 0.2) is 37.0 Å². The Morgan fingerprint density at radius 2 is 2.08 bits per heavy atom. The first-order chi connectivity index (χ1) is 5.81. The molecule has 1 atom stereocenters. The molecule has 12 heavy (non-hydrogen) atoms. The maximum Gasteiger partial charge on any atom is 0.0902 e. The lowest BCUT2D eigenvalue weighted by Gasteiger charge is -1.95. The van der Waals surface area contributed by atoms with Gasteiger partial charge < -0.3 is 5.11 Å². The van der Waals surface area contributed by atoms with Crippen molar-refractivity contribution in [2.75, 3.05) is 0 Å². The molecular weight excluding hydrogens is 148 g/mol. The third-order valence-electron chi connectivity index (χ3n) is 1.50. The van der Waals surface area contributed by atoms with Crippen LogP contribution in [0.3, 0.4) is 0 Å². The summed E-state index contributed by atoms with van der Waals surface area (Å²) in [5.74, 6) is 0. The monoisotopic (exact) mass is 166 g/mol. The highest BCUT2D eigenvalue weighted by atomic mass is 16.3. The molecule has 0 aromatic rings. The van der Waals surface area contributed by atoms with Crippen LogP contribution in [0.5, 0.6) is 0 Å². The maximum absolute atomic E-state index is 9.21. The molecule has 0 fully saturated rings. The SMILES string of the molecule is C=CCCCC=CC(O)C=CC. The second kappa shape index (κ2) is 8.28. The smallest absolute Gasteiger partial charge is 0.0902 e. The highest BCUT2D eigenvalue weighted by molar-refractivity contribution is 5.00. The normalized spacial score (nSPS) is 14.2. The van der Waals surface area contributed by atoms with Gasteiger partial charge in [-0.3, -0.25) is 0 Å². The van der Waals surface area contributed by atoms with Gasteiger partial charge in [0, 0.05) is 0 Å². The summed E-state index contributed by atoms with van der Waals surface area (Å²) in [6, 6.07) is 0. The number of allylic oxidation sites excluding steroid dienone is 3. The molecule has 0 aliphatic heterocycles. The molecule has 0 aliphatic rings. The summed E-state index contributed by atoms with van der Waals surface area (Å²) in [6.07, 6.45) is 12.1. The fraction of sp³-hybridized carbons (Fsp3) is 0.455. The van der Waals surface area contributed by atoms with E-state index < -0.39 is 6.10 Å². The maximum atomic E-state index is 9.21. The Bertz CT molecular complexity index is 156. The minimum atomic E-state index is -0.418. The van der Waals surface area contributed by atoms with Crippen LogP contribution in [0, 0.1) is 0 Å². The third kappa shape index (κ3) is 7.29. The zero-order valence-corrected chi connectivity index (χ0v) is 7.74. The van der Waals surface area contributed by atoms with Crippen molar-refractivity contribution in [3.05, 3.63) is 37.0 Å². The summed E-state index contributed by atoms with van der Waals surface area (Å²) < 4.78 is 0. The van der Waals surface area contributed by atoms with Crippen molar-refractivity contribution in [1.82, 2.24) is 0 Å². The van der Waals surface area contributed by atoms with Crippen molar-refractivity contribution in [3.63, 3.8) is 0 Å². The Kier molecular flexibility index (Phi) is 7.71. The zero-order chi connectivity index (χ0) is 9.23. The molecule has 1 heteroatoms. The van der Waals surface area contributed by atoms with Crippen LogP contribution in [0.1, 0.15) is 26.2 Å². The van der Waals surface area contributed by atoms with Crippen LogP contribution in [0.25, 0.3) is 0 Å². The molecule has 0 amide bonds. The molecule has 0 saturated carbocycles. The quantitative estimate of drug-likeness (QED) is 0.475. The van der Waals surface area contributed by atoms with Gasteiger partial charge in [0.2, 0.25) is 0 Å². The molecule has 0 rings (SSSR count).